The van der Waals surface area contributed by atoms with E-state index in [0.29, 0.717) is 10.9 Å². The van der Waals surface area contributed by atoms with Gasteiger partial charge in [-0.1, -0.05) is 15.9 Å². The van der Waals surface area contributed by atoms with Crippen LogP contribution in [0.3, 0.4) is 0 Å². The maximum atomic E-state index is 4.46. The highest BCUT2D eigenvalue weighted by Gasteiger charge is 2.22. The molecule has 3 heteroatoms. The van der Waals surface area contributed by atoms with Gasteiger partial charge < -0.3 is 0 Å². The molecule has 0 bridgehead atoms. The van der Waals surface area contributed by atoms with Crippen LogP contribution >= 0.6 is 37.8 Å². The van der Waals surface area contributed by atoms with Crippen LogP contribution in [0.1, 0.15) is 19.3 Å². The number of halogens is 1. The Balaban J connectivity index is 2.35. The van der Waals surface area contributed by atoms with Gasteiger partial charge in [0.05, 0.1) is 0 Å². The normalized spacial score (nSPS) is 45.0. The number of alkyl halides is 1. The lowest BCUT2D eigenvalue weighted by atomic mass is 9.99. The highest BCUT2D eigenvalue weighted by atomic mass is 79.9. The molecule has 0 nitrogen and oxygen atoms in total. The molecule has 54 valence electrons. The monoisotopic (exact) mass is 226 g/mol. The molecule has 0 N–H and O–H groups in total. The second-order valence-electron chi connectivity index (χ2n) is 2.64. The summed E-state index contributed by atoms with van der Waals surface area (Å²) in [7, 11) is 2.86. The van der Waals surface area contributed by atoms with Crippen LogP contribution in [0.15, 0.2) is 0 Å². The van der Waals surface area contributed by atoms with Crippen molar-refractivity contribution < 1.29 is 0 Å². The van der Waals surface area contributed by atoms with Gasteiger partial charge in [0, 0.05) is 10.1 Å². The van der Waals surface area contributed by atoms with Gasteiger partial charge in [-0.3, -0.25) is 0 Å². The molecule has 0 radical (unpaired) electrons. The Morgan fingerprint density at radius 1 is 1.44 bits per heavy atom. The molecule has 0 heterocycles. The van der Waals surface area contributed by atoms with E-state index in [1.807, 2.05) is 0 Å². The first-order chi connectivity index (χ1) is 4.20. The lowest BCUT2D eigenvalue weighted by Crippen LogP contribution is -2.25. The summed E-state index contributed by atoms with van der Waals surface area (Å²) in [4.78, 5) is 0.739. The van der Waals surface area contributed by atoms with Crippen molar-refractivity contribution in [3.8, 4) is 0 Å². The second kappa shape index (κ2) is 3.59. The minimum Gasteiger partial charge on any atom is -0.175 e. The van der Waals surface area contributed by atoms with E-state index in [-0.39, 0.29) is 0 Å². The van der Waals surface area contributed by atoms with Crippen LogP contribution in [0, 0.1) is 0 Å². The minimum atomic E-state index is 0.615. The standard InChI is InChI=1S/C6H12BrPS/c7-4-1-2-6(9)5(8)3-4/h4-6,9H,1-3,8H2. The fraction of sp³-hybridized carbons (Fsp3) is 1.00. The van der Waals surface area contributed by atoms with E-state index in [2.05, 4.69) is 37.8 Å². The van der Waals surface area contributed by atoms with Gasteiger partial charge in [-0.05, 0) is 24.9 Å². The molecule has 4 unspecified atom stereocenters. The molecule has 0 aromatic heterocycles. The fourth-order valence-electron chi connectivity index (χ4n) is 1.14. The lowest BCUT2D eigenvalue weighted by molar-refractivity contribution is 0.548. The molecule has 0 amide bonds. The van der Waals surface area contributed by atoms with Crippen LogP contribution in [-0.4, -0.2) is 15.7 Å². The third kappa shape index (κ3) is 2.40. The van der Waals surface area contributed by atoms with Crippen LogP contribution in [0.5, 0.6) is 0 Å². The first-order valence-corrected chi connectivity index (χ1v) is 5.37. The molecule has 0 spiro atoms. The first kappa shape index (κ1) is 8.36. The van der Waals surface area contributed by atoms with Gasteiger partial charge in [0.25, 0.3) is 0 Å². The van der Waals surface area contributed by atoms with Crippen LogP contribution < -0.4 is 0 Å². The Bertz CT molecular complexity index is 99.1. The maximum absolute atomic E-state index is 4.46. The van der Waals surface area contributed by atoms with E-state index in [1.165, 1.54) is 19.3 Å². The second-order valence-corrected chi connectivity index (χ2v) is 5.46. The first-order valence-electron chi connectivity index (χ1n) is 3.28. The Kier molecular flexibility index (Phi) is 3.34. The van der Waals surface area contributed by atoms with Gasteiger partial charge in [-0.2, -0.15) is 12.6 Å². The number of hydrogen-bond donors (Lipinski definition) is 1. The smallest absolute Gasteiger partial charge is 0.0152 e. The van der Waals surface area contributed by atoms with Crippen molar-refractivity contribution in [1.82, 2.24) is 0 Å². The molecule has 1 fully saturated rings. The van der Waals surface area contributed by atoms with Crippen molar-refractivity contribution >= 4 is 37.8 Å². The minimum absolute atomic E-state index is 0.615. The molecule has 0 aromatic carbocycles. The molecule has 9 heavy (non-hydrogen) atoms. The zero-order valence-corrected chi connectivity index (χ0v) is 8.89. The van der Waals surface area contributed by atoms with Crippen LogP contribution in [-0.2, 0) is 0 Å². The van der Waals surface area contributed by atoms with Crippen molar-refractivity contribution in [1.29, 1.82) is 0 Å². The van der Waals surface area contributed by atoms with Crippen LogP contribution in [0.25, 0.3) is 0 Å². The third-order valence-corrected chi connectivity index (χ3v) is 4.33. The largest absolute Gasteiger partial charge is 0.175 e. The average molecular weight is 227 g/mol. The quantitative estimate of drug-likeness (QED) is 0.367. The SMILES string of the molecule is PC1CC(Br)CCC1S. The summed E-state index contributed by atoms with van der Waals surface area (Å²) in [6.45, 7) is 0. The van der Waals surface area contributed by atoms with Crippen molar-refractivity contribution in [2.75, 3.05) is 0 Å². The van der Waals surface area contributed by atoms with Gasteiger partial charge in [0.2, 0.25) is 0 Å². The molecule has 4 atom stereocenters. The van der Waals surface area contributed by atoms with Crippen molar-refractivity contribution in [3.05, 3.63) is 0 Å². The van der Waals surface area contributed by atoms with Gasteiger partial charge >= 0.3 is 0 Å². The van der Waals surface area contributed by atoms with Gasteiger partial charge in [0.1, 0.15) is 0 Å². The summed E-state index contributed by atoms with van der Waals surface area (Å²) in [6, 6.07) is 0. The molecule has 1 rings (SSSR count). The average Bonchev–Trinajstić information content (AvgIpc) is 1.80. The van der Waals surface area contributed by atoms with E-state index in [4.69, 9.17) is 0 Å². The molecule has 0 saturated heterocycles. The zero-order valence-electron chi connectivity index (χ0n) is 5.26. The van der Waals surface area contributed by atoms with Crippen molar-refractivity contribution in [3.63, 3.8) is 0 Å². The van der Waals surface area contributed by atoms with E-state index < -0.39 is 0 Å². The van der Waals surface area contributed by atoms with E-state index >= 15 is 0 Å². The predicted molar refractivity (Wildman–Crippen MR) is 52.8 cm³/mol. The van der Waals surface area contributed by atoms with Gasteiger partial charge in [0.15, 0.2) is 0 Å². The molecule has 1 aliphatic carbocycles. The van der Waals surface area contributed by atoms with E-state index in [1.54, 1.807) is 0 Å². The van der Waals surface area contributed by atoms with Gasteiger partial charge in [-0.25, -0.2) is 0 Å². The lowest BCUT2D eigenvalue weighted by Gasteiger charge is -2.27. The fourth-order valence-corrected chi connectivity index (χ4v) is 3.02. The Morgan fingerprint density at radius 3 is 2.56 bits per heavy atom. The summed E-state index contributed by atoms with van der Waals surface area (Å²) in [5, 5.41) is 0.615. The van der Waals surface area contributed by atoms with Crippen LogP contribution in [0.2, 0.25) is 0 Å². The van der Waals surface area contributed by atoms with E-state index in [9.17, 15) is 0 Å². The molecule has 1 aliphatic rings. The maximum Gasteiger partial charge on any atom is 0.0152 e. The summed E-state index contributed by atoms with van der Waals surface area (Å²) >= 11 is 8.06. The highest BCUT2D eigenvalue weighted by Crippen LogP contribution is 2.32. The Hall–Kier alpha value is 1.26. The van der Waals surface area contributed by atoms with Crippen molar-refractivity contribution in [2.24, 2.45) is 0 Å². The number of thiol groups is 1. The zero-order chi connectivity index (χ0) is 6.85. The molecule has 0 aromatic rings. The highest BCUT2D eigenvalue weighted by molar-refractivity contribution is 9.09. The Morgan fingerprint density at radius 2 is 2.11 bits per heavy atom. The topological polar surface area (TPSA) is 0 Å². The van der Waals surface area contributed by atoms with E-state index in [0.717, 1.165) is 4.83 Å². The summed E-state index contributed by atoms with van der Waals surface area (Å²) < 4.78 is 0. The van der Waals surface area contributed by atoms with Crippen LogP contribution in [0.4, 0.5) is 0 Å². The van der Waals surface area contributed by atoms with Gasteiger partial charge in [-0.15, -0.1) is 9.24 Å². The molecular weight excluding hydrogens is 215 g/mol. The third-order valence-electron chi connectivity index (χ3n) is 1.80. The summed E-state index contributed by atoms with van der Waals surface area (Å²) in [6.07, 6.45) is 3.81. The number of hydrogen-bond acceptors (Lipinski definition) is 1. The molecule has 0 aliphatic heterocycles. The number of rotatable bonds is 0. The molecular formula is C6H12BrPS. The predicted octanol–water partition coefficient (Wildman–Crippen LogP) is 2.48. The summed E-state index contributed by atoms with van der Waals surface area (Å²) in [5.74, 6) is 0. The molecule has 1 saturated carbocycles. The summed E-state index contributed by atoms with van der Waals surface area (Å²) in [5.41, 5.74) is 0.714. The Labute approximate surface area is 72.9 Å². The van der Waals surface area contributed by atoms with Crippen molar-refractivity contribution in [2.45, 2.75) is 35.0 Å².